The molecule has 5 nitrogen and oxygen atoms in total. The van der Waals surface area contributed by atoms with Gasteiger partial charge < -0.3 is 5.73 Å². The van der Waals surface area contributed by atoms with Gasteiger partial charge in [0.2, 0.25) is 0 Å². The number of nitrogens with zero attached hydrogens (tertiary/aromatic N) is 2. The summed E-state index contributed by atoms with van der Waals surface area (Å²) >= 11 is 0. The number of hydrogen-bond donors (Lipinski definition) is 3. The van der Waals surface area contributed by atoms with Gasteiger partial charge >= 0.3 is 0 Å². The second-order valence-electron chi connectivity index (χ2n) is 11.6. The lowest BCUT2D eigenvalue weighted by Gasteiger charge is -2.58. The quantitative estimate of drug-likeness (QED) is 0.580. The van der Waals surface area contributed by atoms with E-state index in [-0.39, 0.29) is 6.17 Å². The van der Waals surface area contributed by atoms with Crippen molar-refractivity contribution in [1.82, 2.24) is 20.4 Å². The summed E-state index contributed by atoms with van der Waals surface area (Å²) in [4.78, 5) is 4.91. The summed E-state index contributed by atoms with van der Waals surface area (Å²) in [5, 5.41) is 6.93. The van der Waals surface area contributed by atoms with Crippen LogP contribution in [0.2, 0.25) is 0 Å². The molecular weight excluding hydrogens is 382 g/mol. The molecule has 0 spiro atoms. The molecule has 4 rings (SSSR count). The number of nitrogens with two attached hydrogens (primary N) is 1. The Morgan fingerprint density at radius 3 is 2.84 bits per heavy atom. The fourth-order valence-electron chi connectivity index (χ4n) is 7.38. The minimum Gasteiger partial charge on any atom is -0.314 e. The molecule has 7 atom stereocenters. The highest BCUT2D eigenvalue weighted by Crippen LogP contribution is 2.61. The Morgan fingerprint density at radius 1 is 1.29 bits per heavy atom. The van der Waals surface area contributed by atoms with E-state index in [1.807, 2.05) is 0 Å². The molecule has 2 aliphatic carbocycles. The van der Waals surface area contributed by atoms with Gasteiger partial charge in [-0.2, -0.15) is 0 Å². The SMILES string of the molecule is CC(=CCN1CN(C)C2NCNC(N)C21)CC[C@@]1(C)[C@H](C)CC[C@@]2(C)C(C)=CCC[C@H]12. The van der Waals surface area contributed by atoms with Gasteiger partial charge in [-0.05, 0) is 82.1 Å². The molecule has 0 aromatic rings. The molecule has 4 aliphatic rings. The van der Waals surface area contributed by atoms with Crippen molar-refractivity contribution in [1.29, 1.82) is 0 Å². The van der Waals surface area contributed by atoms with Gasteiger partial charge in [-0.3, -0.25) is 20.4 Å². The van der Waals surface area contributed by atoms with Crippen molar-refractivity contribution in [2.75, 3.05) is 26.9 Å². The van der Waals surface area contributed by atoms with E-state index < -0.39 is 0 Å². The van der Waals surface area contributed by atoms with Crippen LogP contribution >= 0.6 is 0 Å². The first kappa shape index (κ1) is 23.4. The summed E-state index contributed by atoms with van der Waals surface area (Å²) in [7, 11) is 2.20. The fourth-order valence-corrected chi connectivity index (χ4v) is 7.38. The minimum absolute atomic E-state index is 0.0344. The van der Waals surface area contributed by atoms with Crippen LogP contribution in [-0.4, -0.2) is 55.1 Å². The van der Waals surface area contributed by atoms with Gasteiger partial charge in [-0.1, -0.05) is 44.1 Å². The Morgan fingerprint density at radius 2 is 2.06 bits per heavy atom. The van der Waals surface area contributed by atoms with Crippen molar-refractivity contribution in [3.8, 4) is 0 Å². The summed E-state index contributed by atoms with van der Waals surface area (Å²) in [6, 6.07) is 0.330. The van der Waals surface area contributed by atoms with Crippen LogP contribution in [0.25, 0.3) is 0 Å². The summed E-state index contributed by atoms with van der Waals surface area (Å²) in [6.45, 7) is 15.2. The van der Waals surface area contributed by atoms with Gasteiger partial charge in [0.15, 0.2) is 0 Å². The van der Waals surface area contributed by atoms with Crippen molar-refractivity contribution in [3.63, 3.8) is 0 Å². The molecule has 31 heavy (non-hydrogen) atoms. The van der Waals surface area contributed by atoms with Gasteiger partial charge in [0.1, 0.15) is 0 Å². The third-order valence-electron chi connectivity index (χ3n) is 9.97. The number of nitrogens with one attached hydrogen (secondary N) is 2. The van der Waals surface area contributed by atoms with E-state index in [2.05, 4.69) is 74.3 Å². The third-order valence-corrected chi connectivity index (χ3v) is 9.97. The minimum atomic E-state index is 0.0344. The van der Waals surface area contributed by atoms with E-state index in [4.69, 9.17) is 5.73 Å². The number of allylic oxidation sites excluding steroid dienone is 3. The third kappa shape index (κ3) is 4.17. The van der Waals surface area contributed by atoms with Gasteiger partial charge in [-0.15, -0.1) is 0 Å². The van der Waals surface area contributed by atoms with E-state index in [1.165, 1.54) is 38.5 Å². The molecule has 0 amide bonds. The lowest BCUT2D eigenvalue weighted by atomic mass is 9.47. The zero-order valence-electron chi connectivity index (χ0n) is 20.9. The van der Waals surface area contributed by atoms with E-state index in [0.717, 1.165) is 31.7 Å². The maximum Gasteiger partial charge on any atom is 0.0804 e. The highest BCUT2D eigenvalue weighted by Gasteiger charge is 2.52. The van der Waals surface area contributed by atoms with E-state index in [1.54, 1.807) is 11.1 Å². The average Bonchev–Trinajstić information content (AvgIpc) is 3.07. The summed E-state index contributed by atoms with van der Waals surface area (Å²) < 4.78 is 0. The molecule has 1 saturated carbocycles. The van der Waals surface area contributed by atoms with Gasteiger partial charge in [0, 0.05) is 13.2 Å². The predicted molar refractivity (Wildman–Crippen MR) is 130 cm³/mol. The van der Waals surface area contributed by atoms with Crippen molar-refractivity contribution < 1.29 is 0 Å². The Bertz CT molecular complexity index is 717. The molecule has 176 valence electrons. The molecule has 0 bridgehead atoms. The van der Waals surface area contributed by atoms with Gasteiger partial charge in [0.05, 0.1) is 25.0 Å². The fraction of sp³-hybridized carbons (Fsp3) is 0.846. The molecule has 3 unspecified atom stereocenters. The van der Waals surface area contributed by atoms with Crippen LogP contribution in [0.4, 0.5) is 0 Å². The predicted octanol–water partition coefficient (Wildman–Crippen LogP) is 3.85. The second kappa shape index (κ2) is 8.90. The molecule has 2 saturated heterocycles. The Kier molecular flexibility index (Phi) is 6.73. The highest BCUT2D eigenvalue weighted by atomic mass is 15.5. The van der Waals surface area contributed by atoms with Gasteiger partial charge in [0.25, 0.3) is 0 Å². The molecule has 3 fully saturated rings. The van der Waals surface area contributed by atoms with Crippen LogP contribution < -0.4 is 16.4 Å². The van der Waals surface area contributed by atoms with Crippen molar-refractivity contribution in [2.45, 2.75) is 91.5 Å². The molecule has 2 aliphatic heterocycles. The molecule has 0 aromatic carbocycles. The summed E-state index contributed by atoms with van der Waals surface area (Å²) in [5.74, 6) is 1.64. The Hall–Kier alpha value is -0.720. The zero-order valence-corrected chi connectivity index (χ0v) is 20.9. The molecule has 0 aromatic heterocycles. The van der Waals surface area contributed by atoms with Crippen molar-refractivity contribution in [2.24, 2.45) is 28.4 Å². The monoisotopic (exact) mass is 429 g/mol. The normalized spacial score (nSPS) is 44.7. The number of rotatable bonds is 5. The van der Waals surface area contributed by atoms with Crippen LogP contribution in [0.1, 0.15) is 73.1 Å². The first-order valence-corrected chi connectivity index (χ1v) is 12.7. The van der Waals surface area contributed by atoms with Crippen LogP contribution in [-0.2, 0) is 0 Å². The maximum atomic E-state index is 6.41. The van der Waals surface area contributed by atoms with Crippen molar-refractivity contribution in [3.05, 3.63) is 23.3 Å². The van der Waals surface area contributed by atoms with Crippen LogP contribution in [0.15, 0.2) is 23.3 Å². The number of fused-ring (bicyclic) bond motifs is 2. The molecular formula is C26H47N5. The van der Waals surface area contributed by atoms with E-state index in [9.17, 15) is 0 Å². The molecule has 0 radical (unpaired) electrons. The lowest BCUT2D eigenvalue weighted by molar-refractivity contribution is -0.0466. The summed E-state index contributed by atoms with van der Waals surface area (Å²) in [6.07, 6.45) is 13.3. The van der Waals surface area contributed by atoms with Crippen molar-refractivity contribution >= 4 is 0 Å². The van der Waals surface area contributed by atoms with Crippen LogP contribution in [0, 0.1) is 22.7 Å². The van der Waals surface area contributed by atoms with Crippen LogP contribution in [0.3, 0.4) is 0 Å². The molecule has 2 heterocycles. The first-order chi connectivity index (χ1) is 14.7. The van der Waals surface area contributed by atoms with E-state index in [0.29, 0.717) is 23.0 Å². The van der Waals surface area contributed by atoms with Crippen LogP contribution in [0.5, 0.6) is 0 Å². The second-order valence-corrected chi connectivity index (χ2v) is 11.6. The van der Waals surface area contributed by atoms with E-state index >= 15 is 0 Å². The largest absolute Gasteiger partial charge is 0.314 e. The maximum absolute atomic E-state index is 6.41. The smallest absolute Gasteiger partial charge is 0.0804 e. The Labute approximate surface area is 190 Å². The van der Waals surface area contributed by atoms with Gasteiger partial charge in [-0.25, -0.2) is 0 Å². The highest BCUT2D eigenvalue weighted by molar-refractivity contribution is 5.21. The standard InChI is InChI=1S/C26H47N5/c1-18(12-15-31-17-30(6)24-22(31)23(27)28-16-29-24)10-13-25(4)20(3)11-14-26(5)19(2)8-7-9-21(25)26/h8,12,20-24,28-29H,7,9-11,13-17,27H2,1-6H3/t20-,21-,22?,23?,24?,25+,26+/m1/s1. The lowest BCUT2D eigenvalue weighted by Crippen LogP contribution is -2.67. The first-order valence-electron chi connectivity index (χ1n) is 12.7. The summed E-state index contributed by atoms with van der Waals surface area (Å²) in [5.41, 5.74) is 10.5. The topological polar surface area (TPSA) is 56.6 Å². The zero-order chi connectivity index (χ0) is 22.4. The number of hydrogen-bond acceptors (Lipinski definition) is 5. The Balaban J connectivity index is 1.40. The number of likely N-dealkylation sites (N-methyl/N-ethyl adjacent to an activating group) is 1. The molecule has 5 heteroatoms. The molecule has 4 N–H and O–H groups in total. The average molecular weight is 430 g/mol.